The van der Waals surface area contributed by atoms with E-state index >= 15 is 0 Å². The number of hydrogen-bond donors (Lipinski definition) is 1. The zero-order valence-electron chi connectivity index (χ0n) is 7.15. The van der Waals surface area contributed by atoms with Gasteiger partial charge in [-0.15, -0.1) is 0 Å². The van der Waals surface area contributed by atoms with Crippen molar-refractivity contribution in [1.29, 1.82) is 0 Å². The van der Waals surface area contributed by atoms with Gasteiger partial charge >= 0.3 is 0 Å². The van der Waals surface area contributed by atoms with Crippen LogP contribution in [0.25, 0.3) is 0 Å². The molecule has 0 spiro atoms. The monoisotopic (exact) mass is 249 g/mol. The van der Waals surface area contributed by atoms with Crippen LogP contribution in [0.3, 0.4) is 0 Å². The van der Waals surface area contributed by atoms with Gasteiger partial charge in [-0.05, 0) is 18.6 Å². The highest BCUT2D eigenvalue weighted by Gasteiger charge is 2.14. The standard InChI is InChI=1S/C9H10BrF2N/c1-2-8(13)6-3-5(10)4-7(11)9(6)12/h3-4,8H,2,13H2,1H3. The van der Waals surface area contributed by atoms with E-state index in [9.17, 15) is 8.78 Å². The van der Waals surface area contributed by atoms with Crippen LogP contribution >= 0.6 is 15.9 Å². The molecule has 1 rings (SSSR count). The summed E-state index contributed by atoms with van der Waals surface area (Å²) in [6.07, 6.45) is 0.576. The molecule has 13 heavy (non-hydrogen) atoms. The molecule has 72 valence electrons. The second kappa shape index (κ2) is 4.15. The highest BCUT2D eigenvalue weighted by molar-refractivity contribution is 9.10. The summed E-state index contributed by atoms with van der Waals surface area (Å²) < 4.78 is 26.5. The van der Waals surface area contributed by atoms with E-state index in [1.165, 1.54) is 6.07 Å². The van der Waals surface area contributed by atoms with Crippen LogP contribution in [0, 0.1) is 11.6 Å². The van der Waals surface area contributed by atoms with Crippen LogP contribution in [0.2, 0.25) is 0 Å². The summed E-state index contributed by atoms with van der Waals surface area (Å²) in [4.78, 5) is 0. The Morgan fingerprint density at radius 3 is 2.62 bits per heavy atom. The van der Waals surface area contributed by atoms with E-state index in [2.05, 4.69) is 15.9 Å². The maximum atomic E-state index is 13.1. The van der Waals surface area contributed by atoms with Gasteiger partial charge in [0.05, 0.1) is 0 Å². The van der Waals surface area contributed by atoms with Gasteiger partial charge in [0.1, 0.15) is 0 Å². The van der Waals surface area contributed by atoms with Crippen LogP contribution < -0.4 is 5.73 Å². The van der Waals surface area contributed by atoms with Gasteiger partial charge in [0.15, 0.2) is 11.6 Å². The molecule has 0 fully saturated rings. The van der Waals surface area contributed by atoms with Gasteiger partial charge in [0.2, 0.25) is 0 Å². The molecule has 0 amide bonds. The van der Waals surface area contributed by atoms with Gasteiger partial charge in [0, 0.05) is 16.1 Å². The van der Waals surface area contributed by atoms with Crippen molar-refractivity contribution in [3.63, 3.8) is 0 Å². The molecule has 4 heteroatoms. The Morgan fingerprint density at radius 1 is 1.46 bits per heavy atom. The molecule has 0 radical (unpaired) electrons. The molecule has 0 aromatic heterocycles. The zero-order valence-corrected chi connectivity index (χ0v) is 8.74. The summed E-state index contributed by atoms with van der Waals surface area (Å²) in [5.74, 6) is -1.72. The zero-order chi connectivity index (χ0) is 10.0. The van der Waals surface area contributed by atoms with E-state index in [0.29, 0.717) is 10.9 Å². The van der Waals surface area contributed by atoms with Crippen LogP contribution in [0.15, 0.2) is 16.6 Å². The molecule has 0 saturated carbocycles. The third-order valence-electron chi connectivity index (χ3n) is 1.86. The third kappa shape index (κ3) is 2.25. The summed E-state index contributed by atoms with van der Waals surface area (Å²) in [7, 11) is 0. The first-order chi connectivity index (χ1) is 6.06. The SMILES string of the molecule is CCC(N)c1cc(Br)cc(F)c1F. The summed E-state index contributed by atoms with van der Waals surface area (Å²) in [5.41, 5.74) is 5.82. The first kappa shape index (κ1) is 10.6. The largest absolute Gasteiger partial charge is 0.324 e. The third-order valence-corrected chi connectivity index (χ3v) is 2.32. The van der Waals surface area contributed by atoms with Crippen LogP contribution in [-0.4, -0.2) is 0 Å². The number of rotatable bonds is 2. The average molecular weight is 250 g/mol. The number of hydrogen-bond acceptors (Lipinski definition) is 1. The lowest BCUT2D eigenvalue weighted by molar-refractivity contribution is 0.485. The Balaban J connectivity index is 3.20. The summed E-state index contributed by atoms with van der Waals surface area (Å²) in [5, 5.41) is 0. The molecular formula is C9H10BrF2N. The van der Waals surface area contributed by atoms with Crippen molar-refractivity contribution >= 4 is 15.9 Å². The molecule has 1 nitrogen and oxygen atoms in total. The van der Waals surface area contributed by atoms with Crippen molar-refractivity contribution in [3.8, 4) is 0 Å². The molecule has 1 aromatic rings. The Bertz CT molecular complexity index is 315. The predicted octanol–water partition coefficient (Wildman–Crippen LogP) is 3.14. The van der Waals surface area contributed by atoms with Crippen LogP contribution in [0.5, 0.6) is 0 Å². The van der Waals surface area contributed by atoms with Gasteiger partial charge in [-0.25, -0.2) is 8.78 Å². The smallest absolute Gasteiger partial charge is 0.163 e. The second-order valence-corrected chi connectivity index (χ2v) is 3.72. The summed E-state index contributed by atoms with van der Waals surface area (Å²) >= 11 is 3.08. The fourth-order valence-corrected chi connectivity index (χ4v) is 1.51. The van der Waals surface area contributed by atoms with Crippen molar-refractivity contribution < 1.29 is 8.78 Å². The molecule has 0 aliphatic rings. The molecule has 1 unspecified atom stereocenters. The van der Waals surface area contributed by atoms with Crippen molar-refractivity contribution in [1.82, 2.24) is 0 Å². The minimum absolute atomic E-state index is 0.217. The van der Waals surface area contributed by atoms with Crippen LogP contribution in [-0.2, 0) is 0 Å². The van der Waals surface area contributed by atoms with E-state index in [-0.39, 0.29) is 5.56 Å². The first-order valence-electron chi connectivity index (χ1n) is 3.96. The molecule has 0 aliphatic heterocycles. The average Bonchev–Trinajstić information content (AvgIpc) is 2.10. The molecular weight excluding hydrogens is 240 g/mol. The molecule has 0 saturated heterocycles. The second-order valence-electron chi connectivity index (χ2n) is 2.81. The minimum atomic E-state index is -0.867. The van der Waals surface area contributed by atoms with E-state index in [1.807, 2.05) is 6.92 Å². The fraction of sp³-hybridized carbons (Fsp3) is 0.333. The van der Waals surface area contributed by atoms with E-state index in [4.69, 9.17) is 5.73 Å². The van der Waals surface area contributed by atoms with Gasteiger partial charge in [-0.2, -0.15) is 0 Å². The lowest BCUT2D eigenvalue weighted by atomic mass is 10.0. The van der Waals surface area contributed by atoms with Gasteiger partial charge in [-0.1, -0.05) is 22.9 Å². The fourth-order valence-electron chi connectivity index (χ4n) is 1.07. The molecule has 0 heterocycles. The normalized spacial score (nSPS) is 13.0. The van der Waals surface area contributed by atoms with Crippen molar-refractivity contribution in [2.45, 2.75) is 19.4 Å². The quantitative estimate of drug-likeness (QED) is 0.801. The van der Waals surface area contributed by atoms with Crippen LogP contribution in [0.1, 0.15) is 24.9 Å². The minimum Gasteiger partial charge on any atom is -0.324 e. The van der Waals surface area contributed by atoms with E-state index in [1.54, 1.807) is 0 Å². The number of nitrogens with two attached hydrogens (primary N) is 1. The van der Waals surface area contributed by atoms with Gasteiger partial charge in [-0.3, -0.25) is 0 Å². The lowest BCUT2D eigenvalue weighted by Gasteiger charge is -2.11. The van der Waals surface area contributed by atoms with Crippen molar-refractivity contribution in [2.24, 2.45) is 5.73 Å². The molecule has 0 bridgehead atoms. The molecule has 1 atom stereocenters. The van der Waals surface area contributed by atoms with Crippen LogP contribution in [0.4, 0.5) is 8.78 Å². The lowest BCUT2D eigenvalue weighted by Crippen LogP contribution is -2.11. The molecule has 1 aromatic carbocycles. The van der Waals surface area contributed by atoms with E-state index in [0.717, 1.165) is 6.07 Å². The highest BCUT2D eigenvalue weighted by atomic mass is 79.9. The Morgan fingerprint density at radius 2 is 2.08 bits per heavy atom. The van der Waals surface area contributed by atoms with E-state index < -0.39 is 17.7 Å². The first-order valence-corrected chi connectivity index (χ1v) is 4.75. The Kier molecular flexibility index (Phi) is 3.39. The molecule has 2 N–H and O–H groups in total. The Hall–Kier alpha value is -0.480. The highest BCUT2D eigenvalue weighted by Crippen LogP contribution is 2.24. The molecule has 0 aliphatic carbocycles. The summed E-state index contributed by atoms with van der Waals surface area (Å²) in [6, 6.07) is 2.14. The summed E-state index contributed by atoms with van der Waals surface area (Å²) in [6.45, 7) is 1.82. The number of halogens is 3. The van der Waals surface area contributed by atoms with Gasteiger partial charge < -0.3 is 5.73 Å². The predicted molar refractivity (Wildman–Crippen MR) is 51.3 cm³/mol. The number of benzene rings is 1. The topological polar surface area (TPSA) is 26.0 Å². The van der Waals surface area contributed by atoms with Crippen molar-refractivity contribution in [2.75, 3.05) is 0 Å². The maximum Gasteiger partial charge on any atom is 0.163 e. The Labute approximate surface area is 84.1 Å². The van der Waals surface area contributed by atoms with Crippen molar-refractivity contribution in [3.05, 3.63) is 33.8 Å². The van der Waals surface area contributed by atoms with Gasteiger partial charge in [0.25, 0.3) is 0 Å². The maximum absolute atomic E-state index is 13.1.